The van der Waals surface area contributed by atoms with E-state index in [1.165, 1.54) is 32.0 Å². The predicted molar refractivity (Wildman–Crippen MR) is 79.1 cm³/mol. The smallest absolute Gasteiger partial charge is 0.314 e. The van der Waals surface area contributed by atoms with Crippen LogP contribution in [0.3, 0.4) is 0 Å². The molecule has 0 heterocycles. The average Bonchev–Trinajstić information content (AvgIpc) is 2.96. The number of thioether (sulfide) groups is 1. The van der Waals surface area contributed by atoms with Crippen molar-refractivity contribution < 1.29 is 23.8 Å². The van der Waals surface area contributed by atoms with E-state index < -0.39 is 17.2 Å². The highest BCUT2D eigenvalue weighted by atomic mass is 32.2. The van der Waals surface area contributed by atoms with Gasteiger partial charge in [0.05, 0.1) is 24.5 Å². The molecule has 1 aromatic carbocycles. The molecule has 4 nitrogen and oxygen atoms in total. The van der Waals surface area contributed by atoms with Crippen molar-refractivity contribution >= 4 is 17.7 Å². The van der Waals surface area contributed by atoms with Crippen molar-refractivity contribution in [3.63, 3.8) is 0 Å². The van der Waals surface area contributed by atoms with Crippen molar-refractivity contribution in [2.24, 2.45) is 0 Å². The zero-order valence-corrected chi connectivity index (χ0v) is 13.2. The molecular weight excluding hydrogens is 295 g/mol. The number of rotatable bonds is 5. The third-order valence-corrected chi connectivity index (χ3v) is 4.93. The van der Waals surface area contributed by atoms with Gasteiger partial charge in [-0.25, -0.2) is 4.39 Å². The Morgan fingerprint density at radius 3 is 2.29 bits per heavy atom. The predicted octanol–water partition coefficient (Wildman–Crippen LogP) is 3.46. The first-order valence-corrected chi connectivity index (χ1v) is 7.96. The van der Waals surface area contributed by atoms with E-state index in [9.17, 15) is 14.3 Å². The maximum absolute atomic E-state index is 14.4. The molecule has 1 aliphatic rings. The van der Waals surface area contributed by atoms with Gasteiger partial charge in [-0.05, 0) is 25.2 Å². The maximum atomic E-state index is 14.4. The standard InChI is InChI=1S/C15H19FO4S/c1-19-11-9(15(14(17)18)6-4-5-7-15)8-10(16)13(21-3)12(11)20-2/h8H,4-7H2,1-3H3,(H,17,18). The van der Waals surface area contributed by atoms with E-state index in [0.717, 1.165) is 12.8 Å². The van der Waals surface area contributed by atoms with Crippen LogP contribution in [0.1, 0.15) is 31.2 Å². The van der Waals surface area contributed by atoms with Crippen molar-refractivity contribution in [2.75, 3.05) is 20.5 Å². The first-order chi connectivity index (χ1) is 10.0. The van der Waals surface area contributed by atoms with Gasteiger partial charge in [-0.2, -0.15) is 0 Å². The Labute approximate surface area is 127 Å². The minimum absolute atomic E-state index is 0.271. The van der Waals surface area contributed by atoms with Crippen molar-refractivity contribution in [1.29, 1.82) is 0 Å². The lowest BCUT2D eigenvalue weighted by Gasteiger charge is -2.28. The second kappa shape index (κ2) is 6.13. The summed E-state index contributed by atoms with van der Waals surface area (Å²) in [6.07, 6.45) is 4.33. The van der Waals surface area contributed by atoms with E-state index >= 15 is 0 Å². The van der Waals surface area contributed by atoms with Crippen LogP contribution in [0, 0.1) is 5.82 Å². The van der Waals surface area contributed by atoms with Gasteiger partial charge in [-0.15, -0.1) is 11.8 Å². The summed E-state index contributed by atoms with van der Waals surface area (Å²) in [7, 11) is 2.89. The minimum atomic E-state index is -1.09. The van der Waals surface area contributed by atoms with Crippen molar-refractivity contribution in [1.82, 2.24) is 0 Å². The summed E-state index contributed by atoms with van der Waals surface area (Å²) in [5, 5.41) is 9.69. The monoisotopic (exact) mass is 314 g/mol. The molecule has 0 saturated heterocycles. The number of hydrogen-bond donors (Lipinski definition) is 1. The third-order valence-electron chi connectivity index (χ3n) is 4.14. The van der Waals surface area contributed by atoms with Gasteiger partial charge in [-0.3, -0.25) is 4.79 Å². The lowest BCUT2D eigenvalue weighted by atomic mass is 9.78. The summed E-state index contributed by atoms with van der Waals surface area (Å²) in [4.78, 5) is 12.2. The minimum Gasteiger partial charge on any atom is -0.492 e. The van der Waals surface area contributed by atoms with Crippen molar-refractivity contribution in [2.45, 2.75) is 36.0 Å². The molecule has 1 aliphatic carbocycles. The Kier molecular flexibility index (Phi) is 4.66. The van der Waals surface area contributed by atoms with Gasteiger partial charge in [0, 0.05) is 5.56 Å². The lowest BCUT2D eigenvalue weighted by Crippen LogP contribution is -2.33. The molecule has 116 valence electrons. The van der Waals surface area contributed by atoms with Crippen LogP contribution >= 0.6 is 11.8 Å². The van der Waals surface area contributed by atoms with Gasteiger partial charge in [0.25, 0.3) is 0 Å². The Bertz CT molecular complexity index is 553. The first-order valence-electron chi connectivity index (χ1n) is 6.74. The molecule has 0 spiro atoms. The molecule has 2 rings (SSSR count). The van der Waals surface area contributed by atoms with Gasteiger partial charge < -0.3 is 14.6 Å². The van der Waals surface area contributed by atoms with E-state index in [1.807, 2.05) is 0 Å². The number of ether oxygens (including phenoxy) is 2. The number of carbonyl (C=O) groups is 1. The quantitative estimate of drug-likeness (QED) is 0.844. The number of aliphatic carboxylic acids is 1. The Morgan fingerprint density at radius 2 is 1.86 bits per heavy atom. The van der Waals surface area contributed by atoms with E-state index in [1.54, 1.807) is 6.26 Å². The molecule has 6 heteroatoms. The van der Waals surface area contributed by atoms with Crippen LogP contribution in [0.2, 0.25) is 0 Å². The number of carboxylic acid groups (broad SMARTS) is 1. The van der Waals surface area contributed by atoms with Gasteiger partial charge in [0.2, 0.25) is 0 Å². The van der Waals surface area contributed by atoms with Crippen molar-refractivity contribution in [3.8, 4) is 11.5 Å². The van der Waals surface area contributed by atoms with Gasteiger partial charge in [0.15, 0.2) is 11.5 Å². The number of hydrogen-bond acceptors (Lipinski definition) is 4. The summed E-state index contributed by atoms with van der Waals surface area (Å²) in [6, 6.07) is 1.30. The molecule has 0 aliphatic heterocycles. The fourth-order valence-electron chi connectivity index (χ4n) is 3.10. The molecule has 0 amide bonds. The van der Waals surface area contributed by atoms with Crippen molar-refractivity contribution in [3.05, 3.63) is 17.4 Å². The molecule has 1 saturated carbocycles. The van der Waals surface area contributed by atoms with Crippen LogP contribution in [-0.4, -0.2) is 31.6 Å². The van der Waals surface area contributed by atoms with E-state index in [2.05, 4.69) is 0 Å². The topological polar surface area (TPSA) is 55.8 Å². The summed E-state index contributed by atoms with van der Waals surface area (Å²) < 4.78 is 25.0. The number of methoxy groups -OCH3 is 2. The summed E-state index contributed by atoms with van der Waals surface area (Å²) in [6.45, 7) is 0. The molecule has 0 aromatic heterocycles. The van der Waals surface area contributed by atoms with Gasteiger partial charge in [0.1, 0.15) is 5.82 Å². The Hall–Kier alpha value is -1.43. The van der Waals surface area contributed by atoms with E-state index in [4.69, 9.17) is 9.47 Å². The highest BCUT2D eigenvalue weighted by Crippen LogP contribution is 2.50. The van der Waals surface area contributed by atoms with Gasteiger partial charge in [-0.1, -0.05) is 12.8 Å². The van der Waals surface area contributed by atoms with Crippen LogP contribution in [0.15, 0.2) is 11.0 Å². The number of benzene rings is 1. The second-order valence-electron chi connectivity index (χ2n) is 5.10. The zero-order chi connectivity index (χ0) is 15.6. The number of halogens is 1. The van der Waals surface area contributed by atoms with Crippen LogP contribution < -0.4 is 9.47 Å². The molecule has 0 radical (unpaired) electrons. The van der Waals surface area contributed by atoms with Crippen LogP contribution in [-0.2, 0) is 10.2 Å². The summed E-state index contributed by atoms with van der Waals surface area (Å²) >= 11 is 1.21. The highest BCUT2D eigenvalue weighted by Gasteiger charge is 2.46. The fraction of sp³-hybridized carbons (Fsp3) is 0.533. The van der Waals surface area contributed by atoms with E-state index in [-0.39, 0.29) is 5.75 Å². The second-order valence-corrected chi connectivity index (χ2v) is 5.92. The van der Waals surface area contributed by atoms with Crippen LogP contribution in [0.25, 0.3) is 0 Å². The molecule has 0 bridgehead atoms. The number of carboxylic acids is 1. The summed E-state index contributed by atoms with van der Waals surface area (Å²) in [5.74, 6) is -0.806. The highest BCUT2D eigenvalue weighted by molar-refractivity contribution is 7.98. The van der Waals surface area contributed by atoms with E-state index in [0.29, 0.717) is 29.1 Å². The first kappa shape index (κ1) is 15.9. The summed E-state index contributed by atoms with van der Waals surface area (Å²) in [5.41, 5.74) is -0.710. The maximum Gasteiger partial charge on any atom is 0.314 e. The Balaban J connectivity index is 2.74. The van der Waals surface area contributed by atoms with Gasteiger partial charge >= 0.3 is 5.97 Å². The average molecular weight is 314 g/mol. The molecule has 0 unspecified atom stereocenters. The Morgan fingerprint density at radius 1 is 1.29 bits per heavy atom. The molecule has 1 N–H and O–H groups in total. The third kappa shape index (κ3) is 2.46. The molecular formula is C15H19FO4S. The normalized spacial score (nSPS) is 16.8. The largest absolute Gasteiger partial charge is 0.492 e. The molecule has 1 aromatic rings. The SMILES string of the molecule is COc1c(C2(C(=O)O)CCCC2)cc(F)c(SC)c1OC. The lowest BCUT2D eigenvalue weighted by molar-refractivity contribution is -0.143. The van der Waals surface area contributed by atoms with Crippen LogP contribution in [0.5, 0.6) is 11.5 Å². The molecule has 1 fully saturated rings. The molecule has 0 atom stereocenters. The van der Waals surface area contributed by atoms with Crippen LogP contribution in [0.4, 0.5) is 4.39 Å². The fourth-order valence-corrected chi connectivity index (χ4v) is 3.72. The zero-order valence-electron chi connectivity index (χ0n) is 12.4. The molecule has 21 heavy (non-hydrogen) atoms.